The third-order valence-corrected chi connectivity index (χ3v) is 8.24. The summed E-state index contributed by atoms with van der Waals surface area (Å²) in [5.74, 6) is 0.00129. The van der Waals surface area contributed by atoms with Crippen LogP contribution >= 0.6 is 0 Å². The highest BCUT2D eigenvalue weighted by Crippen LogP contribution is 2.81. The van der Waals surface area contributed by atoms with Crippen molar-refractivity contribution in [1.29, 1.82) is 0 Å². The molecule has 0 aliphatic heterocycles. The van der Waals surface area contributed by atoms with Gasteiger partial charge in [-0.25, -0.2) is 0 Å². The van der Waals surface area contributed by atoms with Crippen molar-refractivity contribution in [2.45, 2.75) is 36.5 Å². The first-order valence-electron chi connectivity index (χ1n) is 9.69. The molecule has 8 rings (SSSR count). The van der Waals surface area contributed by atoms with E-state index in [0.29, 0.717) is 24.7 Å². The van der Waals surface area contributed by atoms with Gasteiger partial charge in [0.25, 0.3) is 0 Å². The Hall–Kier alpha value is -2.36. The van der Waals surface area contributed by atoms with Gasteiger partial charge in [0.15, 0.2) is 5.41 Å². The summed E-state index contributed by atoms with van der Waals surface area (Å²) in [4.78, 5) is 25.1. The molecule has 4 heteroatoms. The second-order valence-corrected chi connectivity index (χ2v) is 9.07. The number of ether oxygens (including phenoxy) is 2. The first kappa shape index (κ1) is 15.7. The van der Waals surface area contributed by atoms with Crippen LogP contribution in [0.4, 0.5) is 0 Å². The van der Waals surface area contributed by atoms with Crippen LogP contribution in [0.25, 0.3) is 0 Å². The van der Waals surface area contributed by atoms with Gasteiger partial charge in [-0.3, -0.25) is 9.59 Å². The van der Waals surface area contributed by atoms with Crippen molar-refractivity contribution >= 4 is 11.9 Å². The normalized spacial score (nSPS) is 38.0. The zero-order valence-electron chi connectivity index (χ0n) is 15.6. The van der Waals surface area contributed by atoms with E-state index in [1.54, 1.807) is 0 Å². The average molecular weight is 362 g/mol. The molecular weight excluding hydrogens is 340 g/mol. The number of carbonyl (C=O) groups excluding carboxylic acids is 2. The van der Waals surface area contributed by atoms with Crippen molar-refractivity contribution in [2.75, 3.05) is 14.2 Å². The summed E-state index contributed by atoms with van der Waals surface area (Å²) in [5.41, 5.74) is 4.67. The van der Waals surface area contributed by atoms with E-state index in [1.165, 1.54) is 38.2 Å². The zero-order valence-corrected chi connectivity index (χ0v) is 15.6. The van der Waals surface area contributed by atoms with E-state index in [0.717, 1.165) is 11.1 Å². The van der Waals surface area contributed by atoms with Crippen LogP contribution in [0.3, 0.4) is 0 Å². The number of hydrogen-bond acceptors (Lipinski definition) is 4. The summed E-state index contributed by atoms with van der Waals surface area (Å²) in [7, 11) is 2.69. The first-order valence-corrected chi connectivity index (χ1v) is 9.69. The molecule has 0 saturated heterocycles. The fourth-order valence-electron chi connectivity index (χ4n) is 7.32. The number of allylic oxidation sites excluding steroid dienone is 4. The first-order chi connectivity index (χ1) is 13.0. The third kappa shape index (κ3) is 1.47. The van der Waals surface area contributed by atoms with Crippen molar-refractivity contribution in [1.82, 2.24) is 0 Å². The van der Waals surface area contributed by atoms with E-state index >= 15 is 0 Å². The Morgan fingerprint density at radius 2 is 1.30 bits per heavy atom. The lowest BCUT2D eigenvalue weighted by Crippen LogP contribution is -2.39. The van der Waals surface area contributed by atoms with Crippen molar-refractivity contribution < 1.29 is 19.1 Å². The highest BCUT2D eigenvalue weighted by atomic mass is 16.5. The molecule has 0 amide bonds. The second kappa shape index (κ2) is 4.54. The molecule has 2 bridgehead atoms. The van der Waals surface area contributed by atoms with Gasteiger partial charge in [-0.2, -0.15) is 0 Å². The van der Waals surface area contributed by atoms with Crippen LogP contribution in [0.5, 0.6) is 0 Å². The van der Waals surface area contributed by atoms with E-state index in [-0.39, 0.29) is 10.8 Å². The van der Waals surface area contributed by atoms with Gasteiger partial charge in [0.1, 0.15) is 0 Å². The molecule has 2 atom stereocenters. The SMILES string of the molecule is COC(=O)C1(C(=O)OC)CC2=CC3C(C=C2C1)C12CC3(C1)c1ccccc12. The average Bonchev–Trinajstić information content (AvgIpc) is 3.40. The van der Waals surface area contributed by atoms with Gasteiger partial charge in [0.05, 0.1) is 14.2 Å². The monoisotopic (exact) mass is 362 g/mol. The van der Waals surface area contributed by atoms with Gasteiger partial charge in [-0.1, -0.05) is 36.4 Å². The van der Waals surface area contributed by atoms with E-state index in [4.69, 9.17) is 9.47 Å². The van der Waals surface area contributed by atoms with Crippen molar-refractivity contribution in [3.8, 4) is 0 Å². The Bertz CT molecular complexity index is 899. The molecule has 2 unspecified atom stereocenters. The van der Waals surface area contributed by atoms with Crippen LogP contribution in [-0.4, -0.2) is 26.2 Å². The predicted molar refractivity (Wildman–Crippen MR) is 97.9 cm³/mol. The maximum atomic E-state index is 12.5. The quantitative estimate of drug-likeness (QED) is 0.599. The molecule has 4 saturated carbocycles. The summed E-state index contributed by atoms with van der Waals surface area (Å²) in [5, 5.41) is 0. The molecule has 0 aromatic heterocycles. The number of rotatable bonds is 2. The lowest BCUT2D eigenvalue weighted by Gasteiger charge is -2.39. The molecule has 1 aromatic carbocycles. The maximum absolute atomic E-state index is 12.5. The number of benzene rings is 1. The van der Waals surface area contributed by atoms with Gasteiger partial charge >= 0.3 is 11.9 Å². The van der Waals surface area contributed by atoms with Gasteiger partial charge in [-0.05, 0) is 59.8 Å². The molecule has 0 spiro atoms. The van der Waals surface area contributed by atoms with Crippen molar-refractivity contribution in [2.24, 2.45) is 17.3 Å². The van der Waals surface area contributed by atoms with Crippen LogP contribution in [0.1, 0.15) is 36.8 Å². The zero-order chi connectivity index (χ0) is 18.6. The molecule has 4 nitrogen and oxygen atoms in total. The number of hydrogen-bond donors (Lipinski definition) is 0. The van der Waals surface area contributed by atoms with Crippen LogP contribution in [0, 0.1) is 17.3 Å². The van der Waals surface area contributed by atoms with E-state index < -0.39 is 17.4 Å². The molecule has 27 heavy (non-hydrogen) atoms. The Morgan fingerprint density at radius 3 is 1.70 bits per heavy atom. The summed E-state index contributed by atoms with van der Waals surface area (Å²) < 4.78 is 10.00. The third-order valence-electron chi connectivity index (χ3n) is 8.24. The molecule has 4 fully saturated rings. The topological polar surface area (TPSA) is 52.6 Å². The summed E-state index contributed by atoms with van der Waals surface area (Å²) in [6.45, 7) is 0. The minimum absolute atomic E-state index is 0.262. The predicted octanol–water partition coefficient (Wildman–Crippen LogP) is 3.21. The minimum Gasteiger partial charge on any atom is -0.468 e. The minimum atomic E-state index is -1.22. The molecule has 138 valence electrons. The molecule has 0 radical (unpaired) electrons. The molecule has 7 aliphatic rings. The molecular formula is C23H22O4. The van der Waals surface area contributed by atoms with Crippen LogP contribution in [-0.2, 0) is 29.9 Å². The number of carbonyl (C=O) groups is 2. The van der Waals surface area contributed by atoms with Gasteiger partial charge < -0.3 is 9.47 Å². The fraction of sp³-hybridized carbons (Fsp3) is 0.478. The van der Waals surface area contributed by atoms with E-state index in [2.05, 4.69) is 36.4 Å². The standard InChI is InChI=1S/C23H22O4/c1-26-19(24)21(20(25)27-2)9-13-7-17-18(8-14(13)10-21)23-11-22(17,12-23)15-5-3-4-6-16(15)23/h3-8,17-18H,9-12H2,1-2H3. The summed E-state index contributed by atoms with van der Waals surface area (Å²) in [6, 6.07) is 8.92. The van der Waals surface area contributed by atoms with E-state index in [1.807, 2.05) is 0 Å². The smallest absolute Gasteiger partial charge is 0.323 e. The second-order valence-electron chi connectivity index (χ2n) is 9.07. The number of methoxy groups -OCH3 is 2. The van der Waals surface area contributed by atoms with E-state index in [9.17, 15) is 9.59 Å². The fourth-order valence-corrected chi connectivity index (χ4v) is 7.32. The van der Waals surface area contributed by atoms with Crippen LogP contribution in [0.15, 0.2) is 47.6 Å². The lowest BCUT2D eigenvalue weighted by molar-refractivity contribution is -0.168. The van der Waals surface area contributed by atoms with Gasteiger partial charge in [0.2, 0.25) is 0 Å². The number of fused-ring (bicyclic) bond motifs is 1. The van der Waals surface area contributed by atoms with Gasteiger partial charge in [0, 0.05) is 10.8 Å². The highest BCUT2D eigenvalue weighted by Gasteiger charge is 2.77. The highest BCUT2D eigenvalue weighted by molar-refractivity contribution is 6.02. The van der Waals surface area contributed by atoms with Crippen molar-refractivity contribution in [3.05, 3.63) is 58.7 Å². The summed E-state index contributed by atoms with van der Waals surface area (Å²) in [6.07, 6.45) is 8.07. The largest absolute Gasteiger partial charge is 0.468 e. The Kier molecular flexibility index (Phi) is 2.64. The Balaban J connectivity index is 1.45. The Morgan fingerprint density at radius 1 is 0.852 bits per heavy atom. The number of esters is 2. The molecule has 0 heterocycles. The molecule has 0 N–H and O–H groups in total. The molecule has 7 aliphatic carbocycles. The van der Waals surface area contributed by atoms with Crippen LogP contribution < -0.4 is 0 Å². The lowest BCUT2D eigenvalue weighted by atomic mass is 9.64. The maximum Gasteiger partial charge on any atom is 0.323 e. The molecule has 1 aromatic rings. The summed E-state index contributed by atoms with van der Waals surface area (Å²) >= 11 is 0. The van der Waals surface area contributed by atoms with Crippen molar-refractivity contribution in [3.63, 3.8) is 0 Å². The van der Waals surface area contributed by atoms with Crippen LogP contribution in [0.2, 0.25) is 0 Å². The Labute approximate surface area is 158 Å². The van der Waals surface area contributed by atoms with Gasteiger partial charge in [-0.15, -0.1) is 0 Å².